The third kappa shape index (κ3) is 4.34. The van der Waals surface area contributed by atoms with Crippen LogP contribution >= 0.6 is 0 Å². The van der Waals surface area contributed by atoms with Crippen molar-refractivity contribution >= 4 is 17.2 Å². The summed E-state index contributed by atoms with van der Waals surface area (Å²) in [6, 6.07) is 8.56. The van der Waals surface area contributed by atoms with Gasteiger partial charge in [0.15, 0.2) is 11.6 Å². The second-order valence-corrected chi connectivity index (χ2v) is 4.56. The zero-order valence-electron chi connectivity index (χ0n) is 12.3. The first kappa shape index (κ1) is 15.1. The van der Waals surface area contributed by atoms with E-state index in [1.54, 1.807) is 18.3 Å². The Morgan fingerprint density at radius 3 is 2.67 bits per heavy atom. The highest BCUT2D eigenvalue weighted by Gasteiger charge is 2.05. The topological polar surface area (TPSA) is 46.2 Å². The molecule has 0 unspecified atom stereocenters. The Morgan fingerprint density at radius 2 is 1.95 bits per heavy atom. The standard InChI is InChI=1S/C16H20FN3O/c1-3-8-18-16-11-13(7-9-19-16)20-12-5-6-15(21-4-2)14(17)10-12/h5-7,9-11H,3-4,8H2,1-2H3,(H2,18,19,20). The first-order chi connectivity index (χ1) is 10.2. The van der Waals surface area contributed by atoms with Crippen LogP contribution in [-0.4, -0.2) is 18.1 Å². The molecule has 1 aromatic heterocycles. The minimum absolute atomic E-state index is 0.267. The molecule has 0 bridgehead atoms. The van der Waals surface area contributed by atoms with E-state index in [0.717, 1.165) is 24.5 Å². The van der Waals surface area contributed by atoms with E-state index in [1.807, 2.05) is 19.1 Å². The molecule has 4 nitrogen and oxygen atoms in total. The first-order valence-corrected chi connectivity index (χ1v) is 7.12. The molecule has 0 aliphatic rings. The number of aromatic nitrogens is 1. The molecule has 2 rings (SSSR count). The Morgan fingerprint density at radius 1 is 1.14 bits per heavy atom. The normalized spacial score (nSPS) is 10.2. The van der Waals surface area contributed by atoms with E-state index in [2.05, 4.69) is 22.5 Å². The summed E-state index contributed by atoms with van der Waals surface area (Å²) in [4.78, 5) is 4.23. The van der Waals surface area contributed by atoms with Gasteiger partial charge in [0.05, 0.1) is 6.61 Å². The lowest BCUT2D eigenvalue weighted by Gasteiger charge is -2.10. The number of nitrogens with one attached hydrogen (secondary N) is 2. The largest absolute Gasteiger partial charge is 0.491 e. The van der Waals surface area contributed by atoms with Crippen LogP contribution < -0.4 is 15.4 Å². The molecular formula is C16H20FN3O. The summed E-state index contributed by atoms with van der Waals surface area (Å²) in [6.07, 6.45) is 2.74. The van der Waals surface area contributed by atoms with Crippen molar-refractivity contribution in [2.75, 3.05) is 23.8 Å². The Bertz CT molecular complexity index is 589. The van der Waals surface area contributed by atoms with Crippen LogP contribution in [0.5, 0.6) is 5.75 Å². The van der Waals surface area contributed by atoms with Gasteiger partial charge in [-0.25, -0.2) is 9.37 Å². The van der Waals surface area contributed by atoms with Crippen LogP contribution in [0.3, 0.4) is 0 Å². The predicted octanol–water partition coefficient (Wildman–Crippen LogP) is 4.18. The number of benzene rings is 1. The third-order valence-corrected chi connectivity index (χ3v) is 2.84. The van der Waals surface area contributed by atoms with Gasteiger partial charge < -0.3 is 15.4 Å². The summed E-state index contributed by atoms with van der Waals surface area (Å²) in [5.74, 6) is 0.691. The molecule has 0 atom stereocenters. The molecule has 0 saturated heterocycles. The second kappa shape index (κ2) is 7.47. The number of nitrogens with zero attached hydrogens (tertiary/aromatic N) is 1. The lowest BCUT2D eigenvalue weighted by Crippen LogP contribution is -2.02. The van der Waals surface area contributed by atoms with Gasteiger partial charge >= 0.3 is 0 Å². The number of halogens is 1. The molecular weight excluding hydrogens is 269 g/mol. The number of ether oxygens (including phenoxy) is 1. The molecule has 112 valence electrons. The van der Waals surface area contributed by atoms with Crippen molar-refractivity contribution in [3.8, 4) is 5.75 Å². The van der Waals surface area contributed by atoms with E-state index in [4.69, 9.17) is 4.74 Å². The van der Waals surface area contributed by atoms with Gasteiger partial charge in [0.25, 0.3) is 0 Å². The number of anilines is 3. The van der Waals surface area contributed by atoms with Crippen LogP contribution in [-0.2, 0) is 0 Å². The minimum atomic E-state index is -0.375. The van der Waals surface area contributed by atoms with Gasteiger partial charge in [-0.3, -0.25) is 0 Å². The zero-order valence-corrected chi connectivity index (χ0v) is 12.3. The maximum Gasteiger partial charge on any atom is 0.167 e. The van der Waals surface area contributed by atoms with Gasteiger partial charge in [-0.05, 0) is 31.5 Å². The smallest absolute Gasteiger partial charge is 0.167 e. The van der Waals surface area contributed by atoms with E-state index in [-0.39, 0.29) is 11.6 Å². The van der Waals surface area contributed by atoms with Crippen molar-refractivity contribution in [2.24, 2.45) is 0 Å². The molecule has 5 heteroatoms. The van der Waals surface area contributed by atoms with E-state index >= 15 is 0 Å². The van der Waals surface area contributed by atoms with E-state index in [0.29, 0.717) is 12.3 Å². The van der Waals surface area contributed by atoms with Gasteiger partial charge in [-0.15, -0.1) is 0 Å². The third-order valence-electron chi connectivity index (χ3n) is 2.84. The summed E-state index contributed by atoms with van der Waals surface area (Å²) in [5.41, 5.74) is 1.52. The average molecular weight is 289 g/mol. The van der Waals surface area contributed by atoms with Crippen LogP contribution in [0, 0.1) is 5.82 Å². The van der Waals surface area contributed by atoms with Crippen LogP contribution in [0.1, 0.15) is 20.3 Å². The lowest BCUT2D eigenvalue weighted by atomic mass is 10.2. The Labute approximate surface area is 124 Å². The monoisotopic (exact) mass is 289 g/mol. The highest BCUT2D eigenvalue weighted by Crippen LogP contribution is 2.24. The maximum absolute atomic E-state index is 13.8. The van der Waals surface area contributed by atoms with E-state index in [9.17, 15) is 4.39 Å². The van der Waals surface area contributed by atoms with Gasteiger partial charge in [-0.1, -0.05) is 6.92 Å². The van der Waals surface area contributed by atoms with Gasteiger partial charge in [0, 0.05) is 36.2 Å². The fourth-order valence-electron chi connectivity index (χ4n) is 1.88. The van der Waals surface area contributed by atoms with Crippen molar-refractivity contribution in [3.63, 3.8) is 0 Å². The number of hydrogen-bond donors (Lipinski definition) is 2. The number of hydrogen-bond acceptors (Lipinski definition) is 4. The molecule has 0 fully saturated rings. The number of rotatable bonds is 7. The molecule has 2 aromatic rings. The van der Waals surface area contributed by atoms with Gasteiger partial charge in [-0.2, -0.15) is 0 Å². The highest BCUT2D eigenvalue weighted by atomic mass is 19.1. The van der Waals surface area contributed by atoms with Crippen LogP contribution in [0.4, 0.5) is 21.6 Å². The summed E-state index contributed by atoms with van der Waals surface area (Å²) in [6.45, 7) is 5.24. The number of pyridine rings is 1. The first-order valence-electron chi connectivity index (χ1n) is 7.12. The Kier molecular flexibility index (Phi) is 5.37. The van der Waals surface area contributed by atoms with E-state index < -0.39 is 0 Å². The fourth-order valence-corrected chi connectivity index (χ4v) is 1.88. The molecule has 1 aromatic carbocycles. The Hall–Kier alpha value is -2.30. The van der Waals surface area contributed by atoms with Crippen molar-refractivity contribution in [3.05, 3.63) is 42.3 Å². The summed E-state index contributed by atoms with van der Waals surface area (Å²) in [5, 5.41) is 6.37. The lowest BCUT2D eigenvalue weighted by molar-refractivity contribution is 0.321. The van der Waals surface area contributed by atoms with Crippen LogP contribution in [0.25, 0.3) is 0 Å². The second-order valence-electron chi connectivity index (χ2n) is 4.56. The van der Waals surface area contributed by atoms with Crippen LogP contribution in [0.2, 0.25) is 0 Å². The van der Waals surface area contributed by atoms with Gasteiger partial charge in [0.1, 0.15) is 5.82 Å². The van der Waals surface area contributed by atoms with Crippen molar-refractivity contribution in [1.29, 1.82) is 0 Å². The summed E-state index contributed by atoms with van der Waals surface area (Å²) >= 11 is 0. The molecule has 0 radical (unpaired) electrons. The summed E-state index contributed by atoms with van der Waals surface area (Å²) < 4.78 is 19.0. The molecule has 0 aliphatic carbocycles. The van der Waals surface area contributed by atoms with Gasteiger partial charge in [0.2, 0.25) is 0 Å². The molecule has 2 N–H and O–H groups in total. The minimum Gasteiger partial charge on any atom is -0.491 e. The van der Waals surface area contributed by atoms with Crippen molar-refractivity contribution in [2.45, 2.75) is 20.3 Å². The van der Waals surface area contributed by atoms with Crippen molar-refractivity contribution < 1.29 is 9.13 Å². The maximum atomic E-state index is 13.8. The zero-order chi connectivity index (χ0) is 15.1. The predicted molar refractivity (Wildman–Crippen MR) is 83.9 cm³/mol. The van der Waals surface area contributed by atoms with E-state index in [1.165, 1.54) is 6.07 Å². The fraction of sp³-hybridized carbons (Fsp3) is 0.312. The molecule has 21 heavy (non-hydrogen) atoms. The quantitative estimate of drug-likeness (QED) is 0.802. The Balaban J connectivity index is 2.09. The van der Waals surface area contributed by atoms with Crippen LogP contribution in [0.15, 0.2) is 36.5 Å². The molecule has 0 aliphatic heterocycles. The molecule has 0 spiro atoms. The van der Waals surface area contributed by atoms with Crippen molar-refractivity contribution in [1.82, 2.24) is 4.98 Å². The molecule has 0 amide bonds. The average Bonchev–Trinajstić information content (AvgIpc) is 2.48. The summed E-state index contributed by atoms with van der Waals surface area (Å²) in [7, 11) is 0. The molecule has 1 heterocycles. The SMILES string of the molecule is CCCNc1cc(Nc2ccc(OCC)c(F)c2)ccn1. The molecule has 0 saturated carbocycles. The highest BCUT2D eigenvalue weighted by molar-refractivity contribution is 5.63.